The van der Waals surface area contributed by atoms with Gasteiger partial charge in [-0.05, 0) is 29.7 Å². The highest BCUT2D eigenvalue weighted by Gasteiger charge is 2.42. The van der Waals surface area contributed by atoms with Gasteiger partial charge in [0.05, 0.1) is 23.3 Å². The summed E-state index contributed by atoms with van der Waals surface area (Å²) in [5.41, 5.74) is 1.74. The van der Waals surface area contributed by atoms with Crippen molar-refractivity contribution in [3.8, 4) is 0 Å². The molecule has 2 heterocycles. The third-order valence-electron chi connectivity index (χ3n) is 4.05. The number of sulfone groups is 1. The third-order valence-corrected chi connectivity index (χ3v) is 6.80. The molecule has 0 saturated heterocycles. The molecule has 1 aromatic rings. The molecule has 2 aliphatic heterocycles. The SMILES string of the molecule is CC(C)CS(=O)(=O)C1=NSC2=NC(=O)/C(=C\c3ccc(N(C)C)cc3)C(=N)N21. The van der Waals surface area contributed by atoms with Gasteiger partial charge in [-0.25, -0.2) is 13.3 Å². The normalized spacial score (nSPS) is 18.5. The number of nitrogens with one attached hydrogen (secondary N) is 1. The zero-order valence-corrected chi connectivity index (χ0v) is 17.6. The molecule has 0 fully saturated rings. The van der Waals surface area contributed by atoms with Crippen molar-refractivity contribution in [3.05, 3.63) is 35.4 Å². The number of amides is 1. The van der Waals surface area contributed by atoms with Crippen LogP contribution in [0.5, 0.6) is 0 Å². The summed E-state index contributed by atoms with van der Waals surface area (Å²) in [6.45, 7) is 3.59. The standard InChI is InChI=1S/C18H21N5O3S2/c1-11(2)10-28(25,26)18-21-27-17-20-16(24)14(15(19)23(17)18)9-12-5-7-13(8-6-12)22(3)4/h5-9,11,19H,10H2,1-4H3/b14-9-,19-15?. The Morgan fingerprint density at radius 1 is 1.25 bits per heavy atom. The van der Waals surface area contributed by atoms with Gasteiger partial charge in [0.2, 0.25) is 20.2 Å². The van der Waals surface area contributed by atoms with Gasteiger partial charge < -0.3 is 4.90 Å². The molecule has 0 aliphatic carbocycles. The fraction of sp³-hybridized carbons (Fsp3) is 0.333. The van der Waals surface area contributed by atoms with E-state index in [1.807, 2.05) is 43.3 Å². The van der Waals surface area contributed by atoms with E-state index in [1.54, 1.807) is 19.9 Å². The Bertz CT molecular complexity index is 1020. The first-order valence-electron chi connectivity index (χ1n) is 8.59. The first kappa shape index (κ1) is 20.3. The van der Waals surface area contributed by atoms with Crippen LogP contribution < -0.4 is 4.90 Å². The van der Waals surface area contributed by atoms with E-state index in [0.717, 1.165) is 22.5 Å². The highest BCUT2D eigenvalue weighted by atomic mass is 32.2. The van der Waals surface area contributed by atoms with Gasteiger partial charge in [0.25, 0.3) is 5.91 Å². The number of hydrogen-bond acceptors (Lipinski definition) is 7. The average Bonchev–Trinajstić information content (AvgIpc) is 3.02. The predicted octanol–water partition coefficient (Wildman–Crippen LogP) is 2.40. The number of amidine groups is 3. The topological polar surface area (TPSA) is 106 Å². The maximum absolute atomic E-state index is 12.6. The second kappa shape index (κ2) is 7.51. The van der Waals surface area contributed by atoms with Crippen molar-refractivity contribution in [3.63, 3.8) is 0 Å². The molecule has 2 aliphatic rings. The molecule has 8 nitrogen and oxygen atoms in total. The Morgan fingerprint density at radius 3 is 2.46 bits per heavy atom. The number of anilines is 1. The van der Waals surface area contributed by atoms with Gasteiger partial charge >= 0.3 is 0 Å². The van der Waals surface area contributed by atoms with Gasteiger partial charge in [0, 0.05) is 19.8 Å². The summed E-state index contributed by atoms with van der Waals surface area (Å²) in [4.78, 5) is 19.4. The Kier molecular flexibility index (Phi) is 5.44. The second-order valence-corrected chi connectivity index (χ2v) is 9.73. The van der Waals surface area contributed by atoms with Crippen LogP contribution in [0, 0.1) is 11.3 Å². The lowest BCUT2D eigenvalue weighted by molar-refractivity contribution is -0.114. The lowest BCUT2D eigenvalue weighted by Gasteiger charge is -2.24. The molecule has 28 heavy (non-hydrogen) atoms. The Morgan fingerprint density at radius 2 is 1.89 bits per heavy atom. The monoisotopic (exact) mass is 419 g/mol. The first-order chi connectivity index (χ1) is 13.1. The zero-order chi connectivity index (χ0) is 20.6. The first-order valence-corrected chi connectivity index (χ1v) is 11.0. The second-order valence-electron chi connectivity index (χ2n) is 7.07. The van der Waals surface area contributed by atoms with E-state index < -0.39 is 15.7 Å². The summed E-state index contributed by atoms with van der Waals surface area (Å²) in [7, 11) is 0.146. The van der Waals surface area contributed by atoms with E-state index in [-0.39, 0.29) is 33.4 Å². The van der Waals surface area contributed by atoms with E-state index in [2.05, 4.69) is 9.39 Å². The Balaban J connectivity index is 1.96. The number of benzene rings is 1. The number of aliphatic imine (C=N–C) groups is 1. The molecule has 0 bridgehead atoms. The van der Waals surface area contributed by atoms with Gasteiger partial charge in [-0.2, -0.15) is 9.39 Å². The van der Waals surface area contributed by atoms with Gasteiger partial charge in [-0.15, -0.1) is 0 Å². The van der Waals surface area contributed by atoms with E-state index in [4.69, 9.17) is 5.41 Å². The van der Waals surface area contributed by atoms with Crippen LogP contribution >= 0.6 is 11.9 Å². The predicted molar refractivity (Wildman–Crippen MR) is 114 cm³/mol. The number of fused-ring (bicyclic) bond motifs is 1. The van der Waals surface area contributed by atoms with Gasteiger partial charge in [0.1, 0.15) is 5.84 Å². The smallest absolute Gasteiger partial charge is 0.283 e. The molecule has 0 atom stereocenters. The molecule has 0 aromatic heterocycles. The summed E-state index contributed by atoms with van der Waals surface area (Å²) in [6, 6.07) is 7.43. The molecule has 0 radical (unpaired) electrons. The molecule has 148 valence electrons. The lowest BCUT2D eigenvalue weighted by atomic mass is 10.1. The molecule has 0 unspecified atom stereocenters. The molecular weight excluding hydrogens is 398 g/mol. The van der Waals surface area contributed by atoms with Gasteiger partial charge in [0.15, 0.2) is 0 Å². The minimum atomic E-state index is -3.70. The van der Waals surface area contributed by atoms with Gasteiger partial charge in [-0.3, -0.25) is 10.2 Å². The van der Waals surface area contributed by atoms with Gasteiger partial charge in [-0.1, -0.05) is 26.0 Å². The minimum Gasteiger partial charge on any atom is -0.378 e. The fourth-order valence-corrected chi connectivity index (χ4v) is 5.48. The largest absolute Gasteiger partial charge is 0.378 e. The Hall–Kier alpha value is -2.46. The Labute approximate surface area is 168 Å². The van der Waals surface area contributed by atoms with Crippen LogP contribution in [0.3, 0.4) is 0 Å². The number of carbonyl (C=O) groups excluding carboxylic acids is 1. The van der Waals surface area contributed by atoms with E-state index in [9.17, 15) is 13.2 Å². The quantitative estimate of drug-likeness (QED) is 0.593. The molecule has 0 saturated carbocycles. The summed E-state index contributed by atoms with van der Waals surface area (Å²) < 4.78 is 29.3. The zero-order valence-electron chi connectivity index (χ0n) is 16.0. The van der Waals surface area contributed by atoms with Crippen molar-refractivity contribution >= 4 is 55.6 Å². The van der Waals surface area contributed by atoms with Crippen LogP contribution in [0.4, 0.5) is 5.69 Å². The maximum atomic E-state index is 12.6. The number of nitrogens with zero attached hydrogens (tertiary/aromatic N) is 4. The summed E-state index contributed by atoms with van der Waals surface area (Å²) in [6.07, 6.45) is 1.54. The molecule has 1 N–H and O–H groups in total. The van der Waals surface area contributed by atoms with Crippen LogP contribution in [-0.2, 0) is 14.6 Å². The van der Waals surface area contributed by atoms with Crippen LogP contribution in [-0.4, -0.2) is 55.2 Å². The molecular formula is C18H21N5O3S2. The number of carbonyl (C=O) groups is 1. The number of rotatable bonds is 4. The number of hydrogen-bond donors (Lipinski definition) is 1. The molecule has 1 amide bonds. The van der Waals surface area contributed by atoms with Crippen LogP contribution in [0.2, 0.25) is 0 Å². The van der Waals surface area contributed by atoms with E-state index >= 15 is 0 Å². The van der Waals surface area contributed by atoms with Crippen molar-refractivity contribution < 1.29 is 13.2 Å². The lowest BCUT2D eigenvalue weighted by Crippen LogP contribution is -2.46. The molecule has 1 aromatic carbocycles. The highest BCUT2D eigenvalue weighted by molar-refractivity contribution is 8.16. The average molecular weight is 420 g/mol. The summed E-state index contributed by atoms with van der Waals surface area (Å²) in [5.74, 6) is -1.01. The van der Waals surface area contributed by atoms with Crippen molar-refractivity contribution in [1.29, 1.82) is 5.41 Å². The van der Waals surface area contributed by atoms with Crippen molar-refractivity contribution in [1.82, 2.24) is 4.90 Å². The molecule has 10 heteroatoms. The molecule has 0 spiro atoms. The van der Waals surface area contributed by atoms with Crippen molar-refractivity contribution in [2.24, 2.45) is 15.3 Å². The summed E-state index contributed by atoms with van der Waals surface area (Å²) in [5, 5.41) is 8.30. The van der Waals surface area contributed by atoms with Crippen molar-refractivity contribution in [2.75, 3.05) is 24.7 Å². The van der Waals surface area contributed by atoms with E-state index in [1.165, 1.54) is 0 Å². The van der Waals surface area contributed by atoms with E-state index in [0.29, 0.717) is 5.56 Å². The fourth-order valence-electron chi connectivity index (χ4n) is 2.75. The third kappa shape index (κ3) is 3.88. The van der Waals surface area contributed by atoms with Crippen LogP contribution in [0.25, 0.3) is 6.08 Å². The van der Waals surface area contributed by atoms with Crippen molar-refractivity contribution in [2.45, 2.75) is 13.8 Å². The summed E-state index contributed by atoms with van der Waals surface area (Å²) >= 11 is 0.800. The van der Waals surface area contributed by atoms with Crippen LogP contribution in [0.1, 0.15) is 19.4 Å². The molecule has 3 rings (SSSR count). The maximum Gasteiger partial charge on any atom is 0.283 e. The highest BCUT2D eigenvalue weighted by Crippen LogP contribution is 2.30. The van der Waals surface area contributed by atoms with Crippen LogP contribution in [0.15, 0.2) is 39.2 Å². The minimum absolute atomic E-state index is 0.0244.